The van der Waals surface area contributed by atoms with E-state index in [1.165, 1.54) is 25.3 Å². The average Bonchev–Trinajstić information content (AvgIpc) is 2.53. The molecule has 1 saturated heterocycles. The Labute approximate surface area is 124 Å². The second-order valence-corrected chi connectivity index (χ2v) is 5.48. The predicted octanol–water partition coefficient (Wildman–Crippen LogP) is 2.69. The standard InChI is InChI=1S/C15H21N3O3/c1-12(17-7-3-2-4-8-17)10-16-14-6-5-13(11-19)9-15(14)18(20)21/h5-6,9,11-12,16H,2-4,7-8,10H2,1H3. The number of hydrogen-bond acceptors (Lipinski definition) is 5. The van der Waals surface area contributed by atoms with Crippen molar-refractivity contribution in [2.45, 2.75) is 32.2 Å². The van der Waals surface area contributed by atoms with Gasteiger partial charge in [-0.2, -0.15) is 0 Å². The van der Waals surface area contributed by atoms with Crippen LogP contribution in [0.3, 0.4) is 0 Å². The topological polar surface area (TPSA) is 75.5 Å². The lowest BCUT2D eigenvalue weighted by molar-refractivity contribution is -0.384. The van der Waals surface area contributed by atoms with Crippen molar-refractivity contribution in [3.63, 3.8) is 0 Å². The molecule has 0 aromatic heterocycles. The van der Waals surface area contributed by atoms with Crippen LogP contribution in [0.4, 0.5) is 11.4 Å². The van der Waals surface area contributed by atoms with Crippen molar-refractivity contribution in [2.24, 2.45) is 0 Å². The van der Waals surface area contributed by atoms with Crippen LogP contribution in [0.5, 0.6) is 0 Å². The van der Waals surface area contributed by atoms with E-state index in [2.05, 4.69) is 17.1 Å². The highest BCUT2D eigenvalue weighted by Crippen LogP contribution is 2.25. The molecule has 2 rings (SSSR count). The number of nitrogens with one attached hydrogen (secondary N) is 1. The van der Waals surface area contributed by atoms with Gasteiger partial charge in [-0.15, -0.1) is 0 Å². The summed E-state index contributed by atoms with van der Waals surface area (Å²) < 4.78 is 0. The van der Waals surface area contributed by atoms with Gasteiger partial charge < -0.3 is 5.32 Å². The van der Waals surface area contributed by atoms with Crippen molar-refractivity contribution in [3.8, 4) is 0 Å². The predicted molar refractivity (Wildman–Crippen MR) is 81.9 cm³/mol. The molecular formula is C15H21N3O3. The van der Waals surface area contributed by atoms with Crippen LogP contribution in [0.2, 0.25) is 0 Å². The summed E-state index contributed by atoms with van der Waals surface area (Å²) in [6.07, 6.45) is 4.35. The highest BCUT2D eigenvalue weighted by molar-refractivity contribution is 5.79. The summed E-state index contributed by atoms with van der Waals surface area (Å²) in [5, 5.41) is 14.2. The Morgan fingerprint density at radius 1 is 1.38 bits per heavy atom. The van der Waals surface area contributed by atoms with Gasteiger partial charge in [-0.3, -0.25) is 19.8 Å². The number of hydrogen-bond donors (Lipinski definition) is 1. The van der Waals surface area contributed by atoms with Gasteiger partial charge in [0.05, 0.1) is 4.92 Å². The van der Waals surface area contributed by atoms with Crippen LogP contribution in [-0.2, 0) is 0 Å². The molecule has 6 nitrogen and oxygen atoms in total. The fourth-order valence-corrected chi connectivity index (χ4v) is 2.67. The van der Waals surface area contributed by atoms with Crippen molar-refractivity contribution >= 4 is 17.7 Å². The zero-order chi connectivity index (χ0) is 15.2. The lowest BCUT2D eigenvalue weighted by Gasteiger charge is -2.32. The minimum absolute atomic E-state index is 0.0505. The van der Waals surface area contributed by atoms with Crippen LogP contribution in [0.1, 0.15) is 36.5 Å². The van der Waals surface area contributed by atoms with Crippen molar-refractivity contribution in [1.82, 2.24) is 4.90 Å². The maximum absolute atomic E-state index is 11.1. The summed E-state index contributed by atoms with van der Waals surface area (Å²) in [5.74, 6) is 0. The monoisotopic (exact) mass is 291 g/mol. The van der Waals surface area contributed by atoms with Gasteiger partial charge in [0.1, 0.15) is 12.0 Å². The summed E-state index contributed by atoms with van der Waals surface area (Å²) in [6.45, 7) is 4.97. The molecule has 1 aliphatic rings. The summed E-state index contributed by atoms with van der Waals surface area (Å²) in [6, 6.07) is 4.83. The second kappa shape index (κ2) is 7.17. The molecule has 1 atom stereocenters. The zero-order valence-electron chi connectivity index (χ0n) is 12.2. The first-order valence-electron chi connectivity index (χ1n) is 7.33. The van der Waals surface area contributed by atoms with Crippen LogP contribution in [0.25, 0.3) is 0 Å². The van der Waals surface area contributed by atoms with Crippen molar-refractivity contribution in [3.05, 3.63) is 33.9 Å². The van der Waals surface area contributed by atoms with Gasteiger partial charge >= 0.3 is 0 Å². The molecule has 1 aromatic rings. The number of nitrogens with zero attached hydrogens (tertiary/aromatic N) is 2. The smallest absolute Gasteiger partial charge is 0.293 e. The Morgan fingerprint density at radius 2 is 2.10 bits per heavy atom. The number of aldehydes is 1. The first-order valence-corrected chi connectivity index (χ1v) is 7.33. The quantitative estimate of drug-likeness (QED) is 0.495. The van der Waals surface area contributed by atoms with Gasteiger partial charge in [0.15, 0.2) is 0 Å². The third kappa shape index (κ3) is 4.01. The molecule has 0 saturated carbocycles. The largest absolute Gasteiger partial charge is 0.378 e. The number of nitro benzene ring substituents is 1. The molecular weight excluding hydrogens is 270 g/mol. The Kier molecular flexibility index (Phi) is 5.27. The number of likely N-dealkylation sites (tertiary alicyclic amines) is 1. The third-order valence-electron chi connectivity index (χ3n) is 3.96. The number of carbonyl (C=O) groups is 1. The zero-order valence-corrected chi connectivity index (χ0v) is 12.2. The van der Waals surface area contributed by atoms with E-state index in [0.717, 1.165) is 13.1 Å². The molecule has 1 aliphatic heterocycles. The first-order chi connectivity index (χ1) is 10.1. The highest BCUT2D eigenvalue weighted by Gasteiger charge is 2.19. The number of piperidine rings is 1. The first kappa shape index (κ1) is 15.4. The molecule has 1 unspecified atom stereocenters. The van der Waals surface area contributed by atoms with E-state index in [1.807, 2.05) is 0 Å². The van der Waals surface area contributed by atoms with Crippen molar-refractivity contribution in [2.75, 3.05) is 25.0 Å². The molecule has 21 heavy (non-hydrogen) atoms. The molecule has 6 heteroatoms. The fraction of sp³-hybridized carbons (Fsp3) is 0.533. The molecule has 0 amide bonds. The van der Waals surface area contributed by atoms with Gasteiger partial charge in [0.25, 0.3) is 5.69 Å². The van der Waals surface area contributed by atoms with Crippen molar-refractivity contribution < 1.29 is 9.72 Å². The Morgan fingerprint density at radius 3 is 2.71 bits per heavy atom. The van der Waals surface area contributed by atoms with Gasteiger partial charge in [-0.1, -0.05) is 6.42 Å². The maximum Gasteiger partial charge on any atom is 0.293 e. The molecule has 0 radical (unpaired) electrons. The summed E-state index contributed by atoms with van der Waals surface area (Å²) >= 11 is 0. The minimum Gasteiger partial charge on any atom is -0.378 e. The second-order valence-electron chi connectivity index (χ2n) is 5.48. The van der Waals surface area contributed by atoms with E-state index < -0.39 is 4.92 Å². The van der Waals surface area contributed by atoms with Crippen molar-refractivity contribution in [1.29, 1.82) is 0 Å². The summed E-state index contributed by atoms with van der Waals surface area (Å²) in [7, 11) is 0. The van der Waals surface area contributed by atoms with Crippen LogP contribution >= 0.6 is 0 Å². The molecule has 1 heterocycles. The number of benzene rings is 1. The Balaban J connectivity index is 2.01. The number of carbonyl (C=O) groups excluding carboxylic acids is 1. The molecule has 114 valence electrons. The van der Waals surface area contributed by atoms with Gasteiger partial charge in [-0.25, -0.2) is 0 Å². The SMILES string of the molecule is CC(CNc1ccc(C=O)cc1[N+](=O)[O-])N1CCCCC1. The molecule has 0 spiro atoms. The lowest BCUT2D eigenvalue weighted by Crippen LogP contribution is -2.41. The molecule has 1 N–H and O–H groups in total. The van der Waals surface area contributed by atoms with Gasteiger partial charge in [-0.05, 0) is 45.0 Å². The van der Waals surface area contributed by atoms with E-state index in [0.29, 0.717) is 30.1 Å². The van der Waals surface area contributed by atoms with E-state index in [4.69, 9.17) is 0 Å². The normalized spacial score (nSPS) is 17.2. The fourth-order valence-electron chi connectivity index (χ4n) is 2.67. The van der Waals surface area contributed by atoms with E-state index in [-0.39, 0.29) is 5.69 Å². The summed E-state index contributed by atoms with van der Waals surface area (Å²) in [5.41, 5.74) is 0.733. The molecule has 0 bridgehead atoms. The van der Waals surface area contributed by atoms with Crippen LogP contribution in [0, 0.1) is 10.1 Å². The van der Waals surface area contributed by atoms with E-state index in [1.54, 1.807) is 12.1 Å². The number of rotatable bonds is 6. The van der Waals surface area contributed by atoms with Crippen LogP contribution in [0.15, 0.2) is 18.2 Å². The Hall–Kier alpha value is -1.95. The van der Waals surface area contributed by atoms with E-state index >= 15 is 0 Å². The third-order valence-corrected chi connectivity index (χ3v) is 3.96. The minimum atomic E-state index is -0.457. The maximum atomic E-state index is 11.1. The number of anilines is 1. The molecule has 0 aliphatic carbocycles. The van der Waals surface area contributed by atoms with Gasteiger partial charge in [0, 0.05) is 24.2 Å². The average molecular weight is 291 g/mol. The molecule has 1 aromatic carbocycles. The highest BCUT2D eigenvalue weighted by atomic mass is 16.6. The van der Waals surface area contributed by atoms with Crippen LogP contribution in [-0.4, -0.2) is 41.8 Å². The summed E-state index contributed by atoms with van der Waals surface area (Å²) in [4.78, 5) is 23.7. The van der Waals surface area contributed by atoms with E-state index in [9.17, 15) is 14.9 Å². The lowest BCUT2D eigenvalue weighted by atomic mass is 10.1. The van der Waals surface area contributed by atoms with Crippen LogP contribution < -0.4 is 5.32 Å². The Bertz CT molecular complexity index is 513. The molecule has 1 fully saturated rings. The number of nitro groups is 1. The van der Waals surface area contributed by atoms with Gasteiger partial charge in [0.2, 0.25) is 0 Å².